The molecule has 0 unspecified atom stereocenters. The van der Waals surface area contributed by atoms with Crippen LogP contribution < -0.4 is 0 Å². The van der Waals surface area contributed by atoms with Crippen molar-refractivity contribution in [1.29, 1.82) is 0 Å². The van der Waals surface area contributed by atoms with Gasteiger partial charge in [-0.25, -0.2) is 0 Å². The Balaban J connectivity index is 2.59. The van der Waals surface area contributed by atoms with Gasteiger partial charge in [-0.2, -0.15) is 0 Å². The van der Waals surface area contributed by atoms with Crippen molar-refractivity contribution in [2.45, 2.75) is 31.9 Å². The van der Waals surface area contributed by atoms with Crippen LogP contribution in [0, 0.1) is 0 Å². The highest BCUT2D eigenvalue weighted by atomic mass is 16.5. The van der Waals surface area contributed by atoms with Crippen molar-refractivity contribution in [3.8, 4) is 0 Å². The molecule has 1 N–H and O–H groups in total. The molecule has 0 heterocycles. The van der Waals surface area contributed by atoms with Crippen LogP contribution in [0.25, 0.3) is 10.4 Å². The van der Waals surface area contributed by atoms with Crippen LogP contribution >= 0.6 is 0 Å². The Morgan fingerprint density at radius 2 is 2.16 bits per heavy atom. The average Bonchev–Trinajstić information content (AvgIpc) is 2.43. The molecular formula is C13H17N3O3. The SMILES string of the molecule is CCOC(=O)[C@H](N=[N+]=[N-])[C@H](O)CCc1ccccc1. The van der Waals surface area contributed by atoms with Crippen LogP contribution in [-0.4, -0.2) is 29.8 Å². The maximum Gasteiger partial charge on any atom is 0.317 e. The molecule has 0 saturated heterocycles. The number of esters is 1. The van der Waals surface area contributed by atoms with Crippen molar-refractivity contribution in [1.82, 2.24) is 0 Å². The van der Waals surface area contributed by atoms with Gasteiger partial charge in [0.15, 0.2) is 6.04 Å². The largest absolute Gasteiger partial charge is 0.466 e. The summed E-state index contributed by atoms with van der Waals surface area (Å²) in [5, 5.41) is 13.2. The lowest BCUT2D eigenvalue weighted by atomic mass is 10.0. The van der Waals surface area contributed by atoms with E-state index in [4.69, 9.17) is 10.3 Å². The van der Waals surface area contributed by atoms with E-state index in [-0.39, 0.29) is 6.61 Å². The molecule has 2 atom stereocenters. The zero-order valence-corrected chi connectivity index (χ0v) is 10.8. The number of carbonyl (C=O) groups is 1. The number of carbonyl (C=O) groups excluding carboxylic acids is 1. The number of aliphatic hydroxyl groups is 1. The third-order valence-electron chi connectivity index (χ3n) is 2.64. The van der Waals surface area contributed by atoms with E-state index in [1.165, 1.54) is 0 Å². The van der Waals surface area contributed by atoms with Gasteiger partial charge < -0.3 is 9.84 Å². The lowest BCUT2D eigenvalue weighted by Gasteiger charge is -2.16. The maximum absolute atomic E-state index is 11.5. The van der Waals surface area contributed by atoms with E-state index < -0.39 is 18.1 Å². The van der Waals surface area contributed by atoms with E-state index in [0.29, 0.717) is 12.8 Å². The van der Waals surface area contributed by atoms with Gasteiger partial charge in [-0.05, 0) is 30.9 Å². The number of aliphatic hydroxyl groups excluding tert-OH is 1. The highest BCUT2D eigenvalue weighted by Gasteiger charge is 2.26. The Morgan fingerprint density at radius 1 is 1.47 bits per heavy atom. The van der Waals surface area contributed by atoms with Crippen LogP contribution in [0.5, 0.6) is 0 Å². The molecule has 0 bridgehead atoms. The van der Waals surface area contributed by atoms with Gasteiger partial charge in [0.2, 0.25) is 0 Å². The fourth-order valence-corrected chi connectivity index (χ4v) is 1.68. The molecule has 6 nitrogen and oxygen atoms in total. The van der Waals surface area contributed by atoms with Crippen molar-refractivity contribution >= 4 is 5.97 Å². The fourth-order valence-electron chi connectivity index (χ4n) is 1.68. The lowest BCUT2D eigenvalue weighted by molar-refractivity contribution is -0.147. The smallest absolute Gasteiger partial charge is 0.317 e. The molecule has 0 spiro atoms. The number of nitrogens with zero attached hydrogens (tertiary/aromatic N) is 3. The van der Waals surface area contributed by atoms with E-state index in [1.807, 2.05) is 30.3 Å². The van der Waals surface area contributed by atoms with E-state index >= 15 is 0 Å². The molecule has 0 amide bonds. The number of azide groups is 1. The molecule has 102 valence electrons. The van der Waals surface area contributed by atoms with Crippen LogP contribution in [-0.2, 0) is 16.0 Å². The van der Waals surface area contributed by atoms with Crippen molar-refractivity contribution in [2.75, 3.05) is 6.61 Å². The summed E-state index contributed by atoms with van der Waals surface area (Å²) in [6.07, 6.45) is -0.124. The summed E-state index contributed by atoms with van der Waals surface area (Å²) in [6, 6.07) is 8.38. The molecular weight excluding hydrogens is 246 g/mol. The van der Waals surface area contributed by atoms with E-state index in [2.05, 4.69) is 10.0 Å². The molecule has 0 aliphatic rings. The Hall–Kier alpha value is -2.04. The predicted molar refractivity (Wildman–Crippen MR) is 70.3 cm³/mol. The van der Waals surface area contributed by atoms with Crippen molar-refractivity contribution in [3.05, 3.63) is 46.3 Å². The number of hydrogen-bond acceptors (Lipinski definition) is 4. The van der Waals surface area contributed by atoms with Gasteiger partial charge in [0.1, 0.15) is 0 Å². The quantitative estimate of drug-likeness (QED) is 0.353. The average molecular weight is 263 g/mol. The lowest BCUT2D eigenvalue weighted by Crippen LogP contribution is -2.34. The Kier molecular flexibility index (Phi) is 6.43. The normalized spacial score (nSPS) is 13.2. The van der Waals surface area contributed by atoms with E-state index in [1.54, 1.807) is 6.92 Å². The van der Waals surface area contributed by atoms with E-state index in [0.717, 1.165) is 5.56 Å². The topological polar surface area (TPSA) is 95.3 Å². The predicted octanol–water partition coefficient (Wildman–Crippen LogP) is 2.22. The van der Waals surface area contributed by atoms with Crippen molar-refractivity contribution < 1.29 is 14.6 Å². The summed E-state index contributed by atoms with van der Waals surface area (Å²) in [5.41, 5.74) is 9.47. The van der Waals surface area contributed by atoms with Crippen molar-refractivity contribution in [3.63, 3.8) is 0 Å². The summed E-state index contributed by atoms with van der Waals surface area (Å²) >= 11 is 0. The number of ether oxygens (including phenoxy) is 1. The van der Waals surface area contributed by atoms with Crippen LogP contribution in [0.4, 0.5) is 0 Å². The van der Waals surface area contributed by atoms with Crippen LogP contribution in [0.1, 0.15) is 18.9 Å². The molecule has 0 fully saturated rings. The first-order chi connectivity index (χ1) is 9.19. The van der Waals surface area contributed by atoms with E-state index in [9.17, 15) is 9.90 Å². The Morgan fingerprint density at radius 3 is 2.74 bits per heavy atom. The summed E-state index contributed by atoms with van der Waals surface area (Å²) in [6.45, 7) is 1.84. The number of hydrogen-bond donors (Lipinski definition) is 1. The van der Waals surface area contributed by atoms with Gasteiger partial charge in [-0.3, -0.25) is 4.79 Å². The second kappa shape index (κ2) is 8.13. The molecule has 1 aromatic rings. The monoisotopic (exact) mass is 263 g/mol. The molecule has 0 radical (unpaired) electrons. The Bertz CT molecular complexity index is 444. The summed E-state index contributed by atoms with van der Waals surface area (Å²) in [4.78, 5) is 14.1. The standard InChI is InChI=1S/C13H17N3O3/c1-2-19-13(18)12(15-16-14)11(17)9-8-10-6-4-3-5-7-10/h3-7,11-12,17H,2,8-9H2,1H3/t11-,12-/m1/s1. The van der Waals surface area contributed by atoms with Gasteiger partial charge in [-0.15, -0.1) is 0 Å². The van der Waals surface area contributed by atoms with Crippen LogP contribution in [0.3, 0.4) is 0 Å². The van der Waals surface area contributed by atoms with Gasteiger partial charge in [0.05, 0.1) is 12.7 Å². The third-order valence-corrected chi connectivity index (χ3v) is 2.64. The minimum atomic E-state index is -1.19. The van der Waals surface area contributed by atoms with Gasteiger partial charge in [0.25, 0.3) is 0 Å². The highest BCUT2D eigenvalue weighted by molar-refractivity contribution is 5.76. The van der Waals surface area contributed by atoms with Crippen LogP contribution in [0.15, 0.2) is 35.4 Å². The number of benzene rings is 1. The molecule has 0 aliphatic carbocycles. The molecule has 0 aliphatic heterocycles. The number of aryl methyl sites for hydroxylation is 1. The van der Waals surface area contributed by atoms with Crippen LogP contribution in [0.2, 0.25) is 0 Å². The summed E-state index contributed by atoms with van der Waals surface area (Å²) in [5.74, 6) is -0.694. The summed E-state index contributed by atoms with van der Waals surface area (Å²) in [7, 11) is 0. The first-order valence-electron chi connectivity index (χ1n) is 6.11. The Labute approximate surface area is 111 Å². The minimum absolute atomic E-state index is 0.182. The van der Waals surface area contributed by atoms with Crippen molar-refractivity contribution in [2.24, 2.45) is 5.11 Å². The molecule has 0 aromatic heterocycles. The molecule has 1 rings (SSSR count). The summed E-state index contributed by atoms with van der Waals surface area (Å²) < 4.78 is 4.77. The molecule has 1 aromatic carbocycles. The van der Waals surface area contributed by atoms with Gasteiger partial charge >= 0.3 is 5.97 Å². The first kappa shape index (κ1) is 15.0. The van der Waals surface area contributed by atoms with Gasteiger partial charge in [0, 0.05) is 4.91 Å². The second-order valence-corrected chi connectivity index (χ2v) is 3.99. The first-order valence-corrected chi connectivity index (χ1v) is 6.11. The minimum Gasteiger partial charge on any atom is -0.466 e. The van der Waals surface area contributed by atoms with Gasteiger partial charge in [-0.1, -0.05) is 35.4 Å². The number of rotatable bonds is 7. The molecule has 0 saturated carbocycles. The highest BCUT2D eigenvalue weighted by Crippen LogP contribution is 2.11. The zero-order chi connectivity index (χ0) is 14.1. The molecule has 19 heavy (non-hydrogen) atoms. The second-order valence-electron chi connectivity index (χ2n) is 3.99. The maximum atomic E-state index is 11.5. The third kappa shape index (κ3) is 4.99. The zero-order valence-electron chi connectivity index (χ0n) is 10.8. The fraction of sp³-hybridized carbons (Fsp3) is 0.462. The molecule has 6 heteroatoms.